The fourth-order valence-electron chi connectivity index (χ4n) is 4.14. The molecule has 0 aromatic heterocycles. The summed E-state index contributed by atoms with van der Waals surface area (Å²) < 4.78 is 5.83. The van der Waals surface area contributed by atoms with Crippen molar-refractivity contribution in [3.8, 4) is 11.8 Å². The van der Waals surface area contributed by atoms with Crippen LogP contribution in [0, 0.1) is 11.8 Å². The minimum Gasteiger partial charge on any atom is -0.450 e. The van der Waals surface area contributed by atoms with Crippen molar-refractivity contribution in [2.45, 2.75) is 77.0 Å². The van der Waals surface area contributed by atoms with Crippen LogP contribution in [0.25, 0.3) is 0 Å². The molecule has 0 aromatic carbocycles. The van der Waals surface area contributed by atoms with E-state index in [1.54, 1.807) is 6.08 Å². The summed E-state index contributed by atoms with van der Waals surface area (Å²) in [7, 11) is 0. The molecule has 3 heterocycles. The van der Waals surface area contributed by atoms with E-state index in [1.165, 1.54) is 12.8 Å². The molecule has 3 rings (SSSR count). The molecule has 124 valence electrons. The summed E-state index contributed by atoms with van der Waals surface area (Å²) in [5.41, 5.74) is 1.44. The van der Waals surface area contributed by atoms with Gasteiger partial charge < -0.3 is 4.74 Å². The molecule has 0 radical (unpaired) electrons. The Morgan fingerprint density at radius 1 is 1.43 bits per heavy atom. The number of ether oxygens (including phenoxy) is 1. The Bertz CT molecular complexity index is 607. The van der Waals surface area contributed by atoms with Gasteiger partial charge in [0.05, 0.1) is 6.04 Å². The van der Waals surface area contributed by atoms with Gasteiger partial charge in [0, 0.05) is 29.7 Å². The molecule has 0 aliphatic carbocycles. The highest BCUT2D eigenvalue weighted by atomic mass is 16.6. The van der Waals surface area contributed by atoms with Crippen molar-refractivity contribution < 1.29 is 9.53 Å². The minimum atomic E-state index is -0.548. The predicted molar refractivity (Wildman–Crippen MR) is 91.8 cm³/mol. The molecule has 0 aromatic rings. The Morgan fingerprint density at radius 2 is 2.26 bits per heavy atom. The molecule has 3 nitrogen and oxygen atoms in total. The lowest BCUT2D eigenvalue weighted by atomic mass is 9.81. The molecule has 0 spiro atoms. The van der Waals surface area contributed by atoms with Gasteiger partial charge in [0.1, 0.15) is 0 Å². The van der Waals surface area contributed by atoms with Crippen LogP contribution in [0.5, 0.6) is 0 Å². The molecular formula is C20H27NO2. The molecule has 3 heteroatoms. The van der Waals surface area contributed by atoms with Gasteiger partial charge in [0.15, 0.2) is 5.60 Å². The van der Waals surface area contributed by atoms with Crippen LogP contribution >= 0.6 is 0 Å². The molecule has 3 aliphatic rings. The fraction of sp³-hybridized carbons (Fsp3) is 0.650. The van der Waals surface area contributed by atoms with E-state index in [0.29, 0.717) is 6.04 Å². The van der Waals surface area contributed by atoms with Gasteiger partial charge in [-0.05, 0) is 39.7 Å². The van der Waals surface area contributed by atoms with Crippen molar-refractivity contribution in [1.29, 1.82) is 0 Å². The standard InChI is InChI=1S/C20H27NO2/c1-4-5-6-7-10-16-13-15(2)21-12-9-8-11-18(21)20(3)17(16)14-19(22)23-20/h13-15,18H,4-6,8-9,11-12H2,1-3H3/t15-,18+,20-/m0/s1. The van der Waals surface area contributed by atoms with Crippen LogP contribution in [0.1, 0.15) is 59.3 Å². The van der Waals surface area contributed by atoms with E-state index in [-0.39, 0.29) is 12.0 Å². The van der Waals surface area contributed by atoms with Gasteiger partial charge in [-0.15, -0.1) is 0 Å². The van der Waals surface area contributed by atoms with Gasteiger partial charge in [-0.25, -0.2) is 4.79 Å². The van der Waals surface area contributed by atoms with E-state index in [0.717, 1.165) is 43.4 Å². The number of piperidine rings is 1. The van der Waals surface area contributed by atoms with E-state index in [1.807, 2.05) is 0 Å². The van der Waals surface area contributed by atoms with Gasteiger partial charge in [-0.2, -0.15) is 0 Å². The third-order valence-corrected chi connectivity index (χ3v) is 5.39. The number of hydrogen-bond acceptors (Lipinski definition) is 3. The van der Waals surface area contributed by atoms with Crippen molar-refractivity contribution in [2.24, 2.45) is 0 Å². The second-order valence-corrected chi connectivity index (χ2v) is 7.06. The lowest BCUT2D eigenvalue weighted by Crippen LogP contribution is -2.55. The zero-order valence-corrected chi connectivity index (χ0v) is 14.5. The smallest absolute Gasteiger partial charge is 0.332 e. The molecule has 3 aliphatic heterocycles. The van der Waals surface area contributed by atoms with Crippen molar-refractivity contribution >= 4 is 5.97 Å². The largest absolute Gasteiger partial charge is 0.450 e. The monoisotopic (exact) mass is 313 g/mol. The first-order valence-corrected chi connectivity index (χ1v) is 8.98. The second kappa shape index (κ2) is 6.53. The molecular weight excluding hydrogens is 286 g/mol. The third-order valence-electron chi connectivity index (χ3n) is 5.39. The number of esters is 1. The SMILES string of the molecule is CCCCC#CC1=C[C@H](C)N2CCCC[C@@H]2[C@@]2(C)OC(=O)C=C12. The topological polar surface area (TPSA) is 29.5 Å². The van der Waals surface area contributed by atoms with Crippen molar-refractivity contribution in [2.75, 3.05) is 6.54 Å². The highest BCUT2D eigenvalue weighted by molar-refractivity contribution is 5.89. The zero-order chi connectivity index (χ0) is 16.4. The molecule has 0 bridgehead atoms. The average Bonchev–Trinajstić information content (AvgIpc) is 2.82. The Balaban J connectivity index is 1.99. The summed E-state index contributed by atoms with van der Waals surface area (Å²) in [4.78, 5) is 14.5. The summed E-state index contributed by atoms with van der Waals surface area (Å²) in [6, 6.07) is 0.591. The van der Waals surface area contributed by atoms with Crippen LogP contribution in [-0.4, -0.2) is 35.1 Å². The van der Waals surface area contributed by atoms with E-state index in [4.69, 9.17) is 4.74 Å². The lowest BCUT2D eigenvalue weighted by molar-refractivity contribution is -0.151. The quantitative estimate of drug-likeness (QED) is 0.443. The summed E-state index contributed by atoms with van der Waals surface area (Å²) >= 11 is 0. The number of fused-ring (bicyclic) bond motifs is 3. The van der Waals surface area contributed by atoms with Gasteiger partial charge in [0.2, 0.25) is 0 Å². The van der Waals surface area contributed by atoms with Gasteiger partial charge in [-0.3, -0.25) is 4.90 Å². The van der Waals surface area contributed by atoms with E-state index in [9.17, 15) is 4.79 Å². The Hall–Kier alpha value is -1.53. The van der Waals surface area contributed by atoms with Gasteiger partial charge in [0.25, 0.3) is 0 Å². The van der Waals surface area contributed by atoms with E-state index >= 15 is 0 Å². The Labute approximate surface area is 139 Å². The van der Waals surface area contributed by atoms with E-state index in [2.05, 4.69) is 43.6 Å². The highest BCUT2D eigenvalue weighted by Gasteiger charge is 2.51. The number of carbonyl (C=O) groups excluding carboxylic acids is 1. The lowest BCUT2D eigenvalue weighted by Gasteiger charge is -2.45. The summed E-state index contributed by atoms with van der Waals surface area (Å²) in [6.07, 6.45) is 10.6. The first-order valence-electron chi connectivity index (χ1n) is 8.98. The average molecular weight is 313 g/mol. The molecule has 1 saturated heterocycles. The van der Waals surface area contributed by atoms with Crippen LogP contribution in [-0.2, 0) is 9.53 Å². The fourth-order valence-corrected chi connectivity index (χ4v) is 4.14. The van der Waals surface area contributed by atoms with Crippen LogP contribution in [0.2, 0.25) is 0 Å². The van der Waals surface area contributed by atoms with Crippen LogP contribution < -0.4 is 0 Å². The summed E-state index contributed by atoms with van der Waals surface area (Å²) in [5.74, 6) is 6.40. The second-order valence-electron chi connectivity index (χ2n) is 7.06. The predicted octanol–water partition coefficient (Wildman–Crippen LogP) is 3.60. The van der Waals surface area contributed by atoms with Gasteiger partial charge >= 0.3 is 5.97 Å². The first-order chi connectivity index (χ1) is 11.1. The van der Waals surface area contributed by atoms with Crippen molar-refractivity contribution in [3.63, 3.8) is 0 Å². The van der Waals surface area contributed by atoms with Crippen LogP contribution in [0.4, 0.5) is 0 Å². The highest BCUT2D eigenvalue weighted by Crippen LogP contribution is 2.44. The summed E-state index contributed by atoms with van der Waals surface area (Å²) in [6.45, 7) is 7.56. The number of nitrogens with zero attached hydrogens (tertiary/aromatic N) is 1. The number of hydrogen-bond donors (Lipinski definition) is 0. The molecule has 23 heavy (non-hydrogen) atoms. The van der Waals surface area contributed by atoms with Crippen molar-refractivity contribution in [3.05, 3.63) is 23.3 Å². The maximum atomic E-state index is 12.0. The molecule has 1 fully saturated rings. The third kappa shape index (κ3) is 2.97. The Kier molecular flexibility index (Phi) is 4.64. The minimum absolute atomic E-state index is 0.219. The number of unbranched alkanes of at least 4 members (excludes halogenated alkanes) is 2. The molecule has 0 saturated carbocycles. The molecule has 0 amide bonds. The summed E-state index contributed by atoms with van der Waals surface area (Å²) in [5, 5.41) is 0. The molecule has 3 atom stereocenters. The van der Waals surface area contributed by atoms with Crippen LogP contribution in [0.15, 0.2) is 23.3 Å². The first kappa shape index (κ1) is 16.3. The van der Waals surface area contributed by atoms with Crippen LogP contribution in [0.3, 0.4) is 0 Å². The number of rotatable bonds is 2. The zero-order valence-electron chi connectivity index (χ0n) is 14.5. The Morgan fingerprint density at radius 3 is 3.04 bits per heavy atom. The van der Waals surface area contributed by atoms with Crippen molar-refractivity contribution in [1.82, 2.24) is 4.90 Å². The maximum Gasteiger partial charge on any atom is 0.332 e. The maximum absolute atomic E-state index is 12.0. The molecule has 0 unspecified atom stereocenters. The van der Waals surface area contributed by atoms with Gasteiger partial charge in [-0.1, -0.05) is 37.7 Å². The number of carbonyl (C=O) groups is 1. The molecule has 0 N–H and O–H groups in total. The normalized spacial score (nSPS) is 33.4. The van der Waals surface area contributed by atoms with E-state index < -0.39 is 5.60 Å².